The lowest BCUT2D eigenvalue weighted by atomic mass is 10.0. The fraction of sp³-hybridized carbons (Fsp3) is 0.526. The molecule has 1 fully saturated rings. The number of hydrogen-bond donors (Lipinski definition) is 2. The molecule has 0 aliphatic carbocycles. The van der Waals surface area contributed by atoms with Crippen molar-refractivity contribution in [1.29, 1.82) is 0 Å². The number of nitrogens with zero attached hydrogens (tertiary/aromatic N) is 4. The zero-order chi connectivity index (χ0) is 21.9. The molecule has 0 saturated carbocycles. The monoisotopic (exact) mass is 427 g/mol. The number of carboxylic acids is 1. The standard InChI is InChI=1S/C17H23N5O.C2HF3O2/c1-20-7-4-5-16(20)17(23)22-10-6-13-14(18-19-15(13)12-22)11-21-8-2-3-9-21;3-2(4,5)1(6)7/h4-5,7H,2-3,6,8-12H2,1H3,(H,18,19);(H,6,7). The SMILES string of the molecule is Cn1cccc1C(=O)N1CCc2c(CN3CCCC3)n[nH]c2C1.O=C(O)C(F)(F)F. The number of aliphatic carboxylic acids is 1. The van der Waals surface area contributed by atoms with Crippen LogP contribution in [0.25, 0.3) is 0 Å². The Labute approximate surface area is 171 Å². The average molecular weight is 427 g/mol. The molecule has 8 nitrogen and oxygen atoms in total. The number of aromatic nitrogens is 3. The Morgan fingerprint density at radius 3 is 2.47 bits per heavy atom. The van der Waals surface area contributed by atoms with Gasteiger partial charge in [-0.15, -0.1) is 0 Å². The molecule has 2 aromatic rings. The van der Waals surface area contributed by atoms with Gasteiger partial charge in [-0.05, 0) is 44.5 Å². The van der Waals surface area contributed by atoms with Gasteiger partial charge in [0.15, 0.2) is 0 Å². The third kappa shape index (κ3) is 5.02. The molecular formula is C19H24F3N5O3. The lowest BCUT2D eigenvalue weighted by Gasteiger charge is -2.27. The molecule has 2 aliphatic rings. The van der Waals surface area contributed by atoms with Crippen molar-refractivity contribution in [3.8, 4) is 0 Å². The third-order valence-corrected chi connectivity index (χ3v) is 5.28. The summed E-state index contributed by atoms with van der Waals surface area (Å²) in [6.07, 6.45) is 0.315. The highest BCUT2D eigenvalue weighted by Crippen LogP contribution is 2.23. The van der Waals surface area contributed by atoms with E-state index in [0.29, 0.717) is 6.54 Å². The lowest BCUT2D eigenvalue weighted by Crippen LogP contribution is -2.37. The van der Waals surface area contributed by atoms with E-state index in [1.165, 1.54) is 37.2 Å². The number of halogens is 3. The van der Waals surface area contributed by atoms with Crippen LogP contribution in [-0.2, 0) is 31.4 Å². The van der Waals surface area contributed by atoms with Crippen molar-refractivity contribution in [2.45, 2.75) is 38.5 Å². The lowest BCUT2D eigenvalue weighted by molar-refractivity contribution is -0.192. The van der Waals surface area contributed by atoms with Crippen LogP contribution in [0.5, 0.6) is 0 Å². The second-order valence-corrected chi connectivity index (χ2v) is 7.39. The van der Waals surface area contributed by atoms with E-state index in [0.717, 1.165) is 30.9 Å². The maximum absolute atomic E-state index is 12.6. The smallest absolute Gasteiger partial charge is 0.475 e. The number of likely N-dealkylation sites (tertiary alicyclic amines) is 1. The number of alkyl halides is 3. The van der Waals surface area contributed by atoms with E-state index >= 15 is 0 Å². The van der Waals surface area contributed by atoms with Crippen LogP contribution in [-0.4, -0.2) is 67.4 Å². The summed E-state index contributed by atoms with van der Waals surface area (Å²) in [7, 11) is 1.91. The summed E-state index contributed by atoms with van der Waals surface area (Å²) in [4.78, 5) is 25.9. The summed E-state index contributed by atoms with van der Waals surface area (Å²) in [6, 6.07) is 3.79. The number of rotatable bonds is 3. The molecule has 164 valence electrons. The van der Waals surface area contributed by atoms with Gasteiger partial charge < -0.3 is 14.6 Å². The van der Waals surface area contributed by atoms with Crippen molar-refractivity contribution in [1.82, 2.24) is 24.6 Å². The summed E-state index contributed by atoms with van der Waals surface area (Å²) < 4.78 is 33.6. The highest BCUT2D eigenvalue weighted by Gasteiger charge is 2.38. The minimum atomic E-state index is -5.08. The number of carbonyl (C=O) groups is 2. The van der Waals surface area contributed by atoms with Gasteiger partial charge >= 0.3 is 12.1 Å². The maximum atomic E-state index is 12.6. The second kappa shape index (κ2) is 8.90. The van der Waals surface area contributed by atoms with E-state index in [4.69, 9.17) is 9.90 Å². The largest absolute Gasteiger partial charge is 0.490 e. The molecule has 2 aromatic heterocycles. The number of carbonyl (C=O) groups excluding carboxylic acids is 1. The highest BCUT2D eigenvalue weighted by molar-refractivity contribution is 5.92. The van der Waals surface area contributed by atoms with Gasteiger partial charge in [0, 0.05) is 31.9 Å². The molecule has 0 bridgehead atoms. The van der Waals surface area contributed by atoms with Crippen LogP contribution in [0.2, 0.25) is 0 Å². The molecule has 0 radical (unpaired) electrons. The van der Waals surface area contributed by atoms with Crippen LogP contribution in [0.3, 0.4) is 0 Å². The summed E-state index contributed by atoms with van der Waals surface area (Å²) >= 11 is 0. The first-order valence-corrected chi connectivity index (χ1v) is 9.65. The van der Waals surface area contributed by atoms with Gasteiger partial charge in [-0.25, -0.2) is 4.79 Å². The fourth-order valence-electron chi connectivity index (χ4n) is 3.69. The molecule has 1 amide bonds. The van der Waals surface area contributed by atoms with Gasteiger partial charge in [-0.3, -0.25) is 14.8 Å². The summed E-state index contributed by atoms with van der Waals surface area (Å²) in [5, 5.41) is 14.8. The van der Waals surface area contributed by atoms with Crippen LogP contribution in [0.15, 0.2) is 18.3 Å². The number of hydrogen-bond acceptors (Lipinski definition) is 4. The van der Waals surface area contributed by atoms with E-state index in [2.05, 4.69) is 15.1 Å². The molecule has 0 atom stereocenters. The van der Waals surface area contributed by atoms with E-state index in [9.17, 15) is 18.0 Å². The van der Waals surface area contributed by atoms with Crippen LogP contribution in [0.4, 0.5) is 13.2 Å². The third-order valence-electron chi connectivity index (χ3n) is 5.28. The number of fused-ring (bicyclic) bond motifs is 1. The molecule has 0 spiro atoms. The number of aryl methyl sites for hydroxylation is 1. The Morgan fingerprint density at radius 1 is 1.23 bits per heavy atom. The number of carboxylic acid groups (broad SMARTS) is 1. The molecule has 4 rings (SSSR count). The number of H-pyrrole nitrogens is 1. The predicted octanol–water partition coefficient (Wildman–Crippen LogP) is 2.18. The molecule has 0 unspecified atom stereocenters. The first-order valence-electron chi connectivity index (χ1n) is 9.65. The Hall–Kier alpha value is -2.82. The Kier molecular flexibility index (Phi) is 6.49. The van der Waals surface area contributed by atoms with E-state index in [-0.39, 0.29) is 5.91 Å². The van der Waals surface area contributed by atoms with Crippen LogP contribution in [0.1, 0.15) is 40.3 Å². The van der Waals surface area contributed by atoms with Crippen molar-refractivity contribution in [2.75, 3.05) is 19.6 Å². The first-order chi connectivity index (χ1) is 14.2. The number of nitrogens with one attached hydrogen (secondary N) is 1. The molecule has 4 heterocycles. The van der Waals surface area contributed by atoms with Crippen molar-refractivity contribution in [3.63, 3.8) is 0 Å². The zero-order valence-electron chi connectivity index (χ0n) is 16.6. The molecular weight excluding hydrogens is 403 g/mol. The predicted molar refractivity (Wildman–Crippen MR) is 101 cm³/mol. The molecule has 1 saturated heterocycles. The minimum Gasteiger partial charge on any atom is -0.475 e. The summed E-state index contributed by atoms with van der Waals surface area (Å²) in [6.45, 7) is 4.70. The highest BCUT2D eigenvalue weighted by atomic mass is 19.4. The number of amides is 1. The van der Waals surface area contributed by atoms with E-state index < -0.39 is 12.1 Å². The molecule has 2 aliphatic heterocycles. The van der Waals surface area contributed by atoms with Crippen LogP contribution in [0, 0.1) is 0 Å². The topological polar surface area (TPSA) is 94.5 Å². The fourth-order valence-corrected chi connectivity index (χ4v) is 3.69. The van der Waals surface area contributed by atoms with Crippen molar-refractivity contribution < 1.29 is 27.9 Å². The quantitative estimate of drug-likeness (QED) is 0.783. The van der Waals surface area contributed by atoms with Crippen LogP contribution >= 0.6 is 0 Å². The molecule has 2 N–H and O–H groups in total. The summed E-state index contributed by atoms with van der Waals surface area (Å²) in [5.41, 5.74) is 4.35. The van der Waals surface area contributed by atoms with Crippen molar-refractivity contribution in [2.24, 2.45) is 7.05 Å². The van der Waals surface area contributed by atoms with Gasteiger partial charge in [0.1, 0.15) is 5.69 Å². The Balaban J connectivity index is 0.000000318. The van der Waals surface area contributed by atoms with E-state index in [1.54, 1.807) is 0 Å². The number of aromatic amines is 1. The van der Waals surface area contributed by atoms with Gasteiger partial charge in [-0.2, -0.15) is 18.3 Å². The van der Waals surface area contributed by atoms with Crippen molar-refractivity contribution in [3.05, 3.63) is 41.0 Å². The Bertz CT molecular complexity index is 900. The maximum Gasteiger partial charge on any atom is 0.490 e. The van der Waals surface area contributed by atoms with Crippen molar-refractivity contribution >= 4 is 11.9 Å². The summed E-state index contributed by atoms with van der Waals surface area (Å²) in [5.74, 6) is -2.66. The first kappa shape index (κ1) is 21.9. The minimum absolute atomic E-state index is 0.0962. The van der Waals surface area contributed by atoms with Gasteiger partial charge in [-0.1, -0.05) is 0 Å². The van der Waals surface area contributed by atoms with Gasteiger partial charge in [0.25, 0.3) is 5.91 Å². The Morgan fingerprint density at radius 2 is 1.90 bits per heavy atom. The van der Waals surface area contributed by atoms with Gasteiger partial charge in [0.2, 0.25) is 0 Å². The van der Waals surface area contributed by atoms with Gasteiger partial charge in [0.05, 0.1) is 17.9 Å². The average Bonchev–Trinajstić information content (AvgIpc) is 3.43. The zero-order valence-corrected chi connectivity index (χ0v) is 16.6. The molecule has 0 aromatic carbocycles. The van der Waals surface area contributed by atoms with Crippen LogP contribution < -0.4 is 0 Å². The second-order valence-electron chi connectivity index (χ2n) is 7.39. The molecule has 11 heteroatoms. The van der Waals surface area contributed by atoms with E-state index in [1.807, 2.05) is 34.8 Å². The molecule has 30 heavy (non-hydrogen) atoms. The normalized spacial score (nSPS) is 16.7.